The van der Waals surface area contributed by atoms with Gasteiger partial charge in [-0.3, -0.25) is 4.99 Å². The van der Waals surface area contributed by atoms with Gasteiger partial charge in [-0.25, -0.2) is 0 Å². The third-order valence-electron chi connectivity index (χ3n) is 2.50. The minimum atomic E-state index is 0.837. The number of hydrogen-bond acceptors (Lipinski definition) is 1. The maximum atomic E-state index is 4.39. The average Bonchev–Trinajstić information content (AvgIpc) is 2.65. The molecular formula is C12H9N. The number of benzene rings is 2. The monoisotopic (exact) mass is 167 g/mol. The Morgan fingerprint density at radius 1 is 1.00 bits per heavy atom. The lowest BCUT2D eigenvalue weighted by Crippen LogP contribution is -2.21. The molecule has 1 heteroatoms. The predicted octanol–water partition coefficient (Wildman–Crippen LogP) is 1.25. The first kappa shape index (κ1) is 6.84. The standard InChI is InChI=1S/C12H9N/c1-2-4-10-9(3-1)5-6-12-11(10)7-8-13-12/h1-7H,8H2. The fraction of sp³-hybridized carbons (Fsp3) is 0.0833. The van der Waals surface area contributed by atoms with Gasteiger partial charge in [0.2, 0.25) is 0 Å². The number of rotatable bonds is 0. The molecule has 0 atom stereocenters. The van der Waals surface area contributed by atoms with Crippen LogP contribution in [0.15, 0.2) is 41.4 Å². The van der Waals surface area contributed by atoms with Crippen molar-refractivity contribution in [1.82, 2.24) is 0 Å². The lowest BCUT2D eigenvalue weighted by molar-refractivity contribution is 1.23. The molecule has 2 aromatic rings. The first-order valence-corrected chi connectivity index (χ1v) is 4.47. The molecule has 0 bridgehead atoms. The molecule has 0 amide bonds. The molecule has 3 rings (SSSR count). The summed E-state index contributed by atoms with van der Waals surface area (Å²) in [7, 11) is 0. The topological polar surface area (TPSA) is 12.4 Å². The van der Waals surface area contributed by atoms with Crippen molar-refractivity contribution < 1.29 is 0 Å². The lowest BCUT2D eigenvalue weighted by Gasteiger charge is -1.95. The zero-order valence-corrected chi connectivity index (χ0v) is 7.20. The van der Waals surface area contributed by atoms with E-state index < -0.39 is 0 Å². The molecule has 1 aliphatic rings. The molecule has 1 heterocycles. The van der Waals surface area contributed by atoms with E-state index in [1.54, 1.807) is 0 Å². The molecule has 0 aliphatic carbocycles. The summed E-state index contributed by atoms with van der Waals surface area (Å²) in [5.74, 6) is 0. The van der Waals surface area contributed by atoms with Crippen molar-refractivity contribution in [2.24, 2.45) is 4.99 Å². The molecule has 0 aromatic heterocycles. The molecule has 1 nitrogen and oxygen atoms in total. The summed E-state index contributed by atoms with van der Waals surface area (Å²) >= 11 is 0. The first-order valence-electron chi connectivity index (χ1n) is 4.47. The van der Waals surface area contributed by atoms with E-state index >= 15 is 0 Å². The molecule has 0 fully saturated rings. The Hall–Kier alpha value is -1.63. The van der Waals surface area contributed by atoms with Gasteiger partial charge in [0, 0.05) is 5.22 Å². The zero-order chi connectivity index (χ0) is 8.67. The molecule has 0 radical (unpaired) electrons. The fourth-order valence-electron chi connectivity index (χ4n) is 1.87. The number of hydrogen-bond donors (Lipinski definition) is 0. The van der Waals surface area contributed by atoms with Crippen molar-refractivity contribution in [2.45, 2.75) is 0 Å². The minimum absolute atomic E-state index is 0.837. The van der Waals surface area contributed by atoms with E-state index in [-0.39, 0.29) is 0 Å². The second-order valence-electron chi connectivity index (χ2n) is 3.26. The second-order valence-corrected chi connectivity index (χ2v) is 3.26. The van der Waals surface area contributed by atoms with E-state index in [1.165, 1.54) is 16.0 Å². The smallest absolute Gasteiger partial charge is 0.0654 e. The lowest BCUT2D eigenvalue weighted by atomic mass is 10.1. The highest BCUT2D eigenvalue weighted by atomic mass is 14.7. The summed E-state index contributed by atoms with van der Waals surface area (Å²) in [6, 6.07) is 12.7. The Morgan fingerprint density at radius 3 is 2.92 bits per heavy atom. The minimum Gasteiger partial charge on any atom is -0.281 e. The summed E-state index contributed by atoms with van der Waals surface area (Å²) in [6.45, 7) is 0.837. The van der Waals surface area contributed by atoms with Crippen molar-refractivity contribution >= 4 is 16.8 Å². The van der Waals surface area contributed by atoms with Gasteiger partial charge in [0.25, 0.3) is 0 Å². The molecule has 0 N–H and O–H groups in total. The molecule has 62 valence electrons. The zero-order valence-electron chi connectivity index (χ0n) is 7.20. The van der Waals surface area contributed by atoms with Crippen molar-refractivity contribution in [1.29, 1.82) is 0 Å². The molecule has 0 spiro atoms. The molecule has 1 aliphatic heterocycles. The largest absolute Gasteiger partial charge is 0.281 e. The van der Waals surface area contributed by atoms with E-state index in [0.717, 1.165) is 11.9 Å². The van der Waals surface area contributed by atoms with Gasteiger partial charge < -0.3 is 0 Å². The van der Waals surface area contributed by atoms with Crippen LogP contribution in [0.1, 0.15) is 0 Å². The van der Waals surface area contributed by atoms with Gasteiger partial charge in [-0.15, -0.1) is 0 Å². The van der Waals surface area contributed by atoms with Crippen molar-refractivity contribution in [3.63, 3.8) is 0 Å². The maximum absolute atomic E-state index is 4.39. The van der Waals surface area contributed by atoms with Crippen LogP contribution in [0.4, 0.5) is 0 Å². The van der Waals surface area contributed by atoms with Crippen molar-refractivity contribution in [3.05, 3.63) is 47.0 Å². The van der Waals surface area contributed by atoms with E-state index in [9.17, 15) is 0 Å². The van der Waals surface area contributed by atoms with E-state index in [4.69, 9.17) is 0 Å². The van der Waals surface area contributed by atoms with Gasteiger partial charge in [-0.2, -0.15) is 0 Å². The van der Waals surface area contributed by atoms with E-state index in [1.807, 2.05) is 0 Å². The van der Waals surface area contributed by atoms with Crippen molar-refractivity contribution in [2.75, 3.05) is 6.54 Å². The second kappa shape index (κ2) is 2.43. The summed E-state index contributed by atoms with van der Waals surface area (Å²) in [4.78, 5) is 4.39. The van der Waals surface area contributed by atoms with Gasteiger partial charge in [0.05, 0.1) is 11.9 Å². The van der Waals surface area contributed by atoms with Crippen molar-refractivity contribution in [3.8, 4) is 0 Å². The highest BCUT2D eigenvalue weighted by molar-refractivity contribution is 5.83. The SMILES string of the molecule is C1=c2c(ccc3ccccc23)=NC1. The van der Waals surface area contributed by atoms with Gasteiger partial charge in [-0.1, -0.05) is 36.4 Å². The quantitative estimate of drug-likeness (QED) is 0.560. The predicted molar refractivity (Wildman–Crippen MR) is 54.1 cm³/mol. The van der Waals surface area contributed by atoms with Crippen LogP contribution in [0.2, 0.25) is 0 Å². The molecule has 0 saturated heterocycles. The third kappa shape index (κ3) is 0.903. The van der Waals surface area contributed by atoms with Crippen LogP contribution in [0.5, 0.6) is 0 Å². The Morgan fingerprint density at radius 2 is 1.92 bits per heavy atom. The molecule has 2 aromatic carbocycles. The van der Waals surface area contributed by atoms with Crippen LogP contribution in [-0.4, -0.2) is 6.54 Å². The van der Waals surface area contributed by atoms with Gasteiger partial charge in [-0.05, 0) is 16.8 Å². The van der Waals surface area contributed by atoms with E-state index in [0.29, 0.717) is 0 Å². The normalized spacial score (nSPS) is 13.5. The van der Waals surface area contributed by atoms with Crippen LogP contribution in [-0.2, 0) is 0 Å². The van der Waals surface area contributed by atoms with Crippen LogP contribution >= 0.6 is 0 Å². The fourth-order valence-corrected chi connectivity index (χ4v) is 1.87. The van der Waals surface area contributed by atoms with Crippen LogP contribution in [0, 0.1) is 0 Å². The number of nitrogens with zero attached hydrogens (tertiary/aromatic N) is 1. The highest BCUT2D eigenvalue weighted by Crippen LogP contribution is 2.06. The molecule has 0 saturated carbocycles. The van der Waals surface area contributed by atoms with Crippen LogP contribution < -0.4 is 10.6 Å². The molecule has 0 unspecified atom stereocenters. The van der Waals surface area contributed by atoms with Gasteiger partial charge in [0.1, 0.15) is 0 Å². The van der Waals surface area contributed by atoms with Gasteiger partial charge >= 0.3 is 0 Å². The Labute approximate surface area is 76.0 Å². The van der Waals surface area contributed by atoms with Crippen LogP contribution in [0.25, 0.3) is 16.8 Å². The first-order chi connectivity index (χ1) is 6.45. The maximum Gasteiger partial charge on any atom is 0.0654 e. The molecular weight excluding hydrogens is 158 g/mol. The average molecular weight is 167 g/mol. The number of fused-ring (bicyclic) bond motifs is 3. The summed E-state index contributed by atoms with van der Waals surface area (Å²) in [5.41, 5.74) is 0. The summed E-state index contributed by atoms with van der Waals surface area (Å²) in [6.07, 6.45) is 2.19. The summed E-state index contributed by atoms with van der Waals surface area (Å²) in [5, 5.41) is 5.06. The summed E-state index contributed by atoms with van der Waals surface area (Å²) < 4.78 is 0. The Balaban J connectivity index is 2.67. The van der Waals surface area contributed by atoms with Gasteiger partial charge in [0.15, 0.2) is 0 Å². The van der Waals surface area contributed by atoms with Crippen LogP contribution in [0.3, 0.4) is 0 Å². The Bertz CT molecular complexity index is 582. The highest BCUT2D eigenvalue weighted by Gasteiger charge is 1.98. The molecule has 13 heavy (non-hydrogen) atoms. The van der Waals surface area contributed by atoms with E-state index in [2.05, 4.69) is 47.5 Å². The Kier molecular flexibility index (Phi) is 1.28. The third-order valence-corrected chi connectivity index (χ3v) is 2.50.